The summed E-state index contributed by atoms with van der Waals surface area (Å²) in [6.07, 6.45) is 1.63. The number of rotatable bonds is 7. The van der Waals surface area contributed by atoms with Crippen LogP contribution in [0.3, 0.4) is 0 Å². The molecule has 0 atom stereocenters. The van der Waals surface area contributed by atoms with Crippen molar-refractivity contribution in [1.82, 2.24) is 15.2 Å². The van der Waals surface area contributed by atoms with Gasteiger partial charge in [0.2, 0.25) is 5.91 Å². The van der Waals surface area contributed by atoms with Gasteiger partial charge in [0, 0.05) is 17.3 Å². The van der Waals surface area contributed by atoms with E-state index in [-0.39, 0.29) is 28.6 Å². The Kier molecular flexibility index (Phi) is 5.95. The smallest absolute Gasteiger partial charge is 0.277 e. The van der Waals surface area contributed by atoms with Crippen molar-refractivity contribution < 1.29 is 14.0 Å². The van der Waals surface area contributed by atoms with E-state index in [9.17, 15) is 9.59 Å². The van der Waals surface area contributed by atoms with Crippen molar-refractivity contribution in [2.75, 3.05) is 11.1 Å². The van der Waals surface area contributed by atoms with Gasteiger partial charge in [0.1, 0.15) is 5.69 Å². The normalized spacial score (nSPS) is 10.5. The number of nitrogens with zero attached hydrogens (tertiary/aromatic N) is 3. The molecule has 8 heteroatoms. The molecule has 0 unspecified atom stereocenters. The number of aromatic nitrogens is 3. The Labute approximate surface area is 176 Å². The monoisotopic (exact) mass is 416 g/mol. The number of ketones is 1. The molecule has 0 spiro atoms. The van der Waals surface area contributed by atoms with Gasteiger partial charge in [-0.25, -0.2) is 0 Å². The average Bonchev–Trinajstić information content (AvgIpc) is 3.28. The zero-order valence-electron chi connectivity index (χ0n) is 15.7. The lowest BCUT2D eigenvalue weighted by Gasteiger charge is -2.10. The van der Waals surface area contributed by atoms with E-state index in [2.05, 4.69) is 20.5 Å². The van der Waals surface area contributed by atoms with Crippen LogP contribution in [0.1, 0.15) is 15.9 Å². The van der Waals surface area contributed by atoms with Crippen LogP contribution in [-0.2, 0) is 4.79 Å². The third kappa shape index (κ3) is 4.61. The first-order chi connectivity index (χ1) is 14.7. The van der Waals surface area contributed by atoms with Crippen LogP contribution in [-0.4, -0.2) is 32.6 Å². The van der Waals surface area contributed by atoms with Crippen molar-refractivity contribution in [1.29, 1.82) is 0 Å². The minimum atomic E-state index is -0.286. The molecule has 2 aromatic carbocycles. The lowest BCUT2D eigenvalue weighted by atomic mass is 10.0. The fourth-order valence-corrected chi connectivity index (χ4v) is 3.27. The van der Waals surface area contributed by atoms with Crippen LogP contribution in [0.15, 0.2) is 88.6 Å². The number of para-hydroxylation sites is 1. The summed E-state index contributed by atoms with van der Waals surface area (Å²) >= 11 is 1.11. The second-order valence-electron chi connectivity index (χ2n) is 6.17. The third-order valence-corrected chi connectivity index (χ3v) is 4.92. The van der Waals surface area contributed by atoms with Gasteiger partial charge in [-0.3, -0.25) is 14.6 Å². The van der Waals surface area contributed by atoms with Crippen molar-refractivity contribution in [2.45, 2.75) is 5.22 Å². The molecule has 148 valence electrons. The van der Waals surface area contributed by atoms with Crippen LogP contribution in [0.25, 0.3) is 11.6 Å². The summed E-state index contributed by atoms with van der Waals surface area (Å²) in [5.74, 6) is -0.100. The van der Waals surface area contributed by atoms with Crippen LogP contribution in [0, 0.1) is 0 Å². The van der Waals surface area contributed by atoms with E-state index in [4.69, 9.17) is 4.42 Å². The van der Waals surface area contributed by atoms with E-state index in [1.54, 1.807) is 66.9 Å². The molecule has 4 aromatic rings. The van der Waals surface area contributed by atoms with Crippen LogP contribution < -0.4 is 5.32 Å². The summed E-state index contributed by atoms with van der Waals surface area (Å²) in [7, 11) is 0. The second-order valence-corrected chi connectivity index (χ2v) is 7.09. The molecule has 30 heavy (non-hydrogen) atoms. The number of carbonyl (C=O) groups excluding carboxylic acids is 2. The molecule has 0 radical (unpaired) electrons. The highest BCUT2D eigenvalue weighted by molar-refractivity contribution is 7.99. The standard InChI is InChI=1S/C22H16N4O3S/c27-19(14-30-22-26-25-21(29-22)18-12-6-7-13-23-18)24-17-11-5-4-10-16(17)20(28)15-8-2-1-3-9-15/h1-13H,14H2,(H,24,27). The molecule has 0 saturated carbocycles. The van der Waals surface area contributed by atoms with E-state index in [1.165, 1.54) is 0 Å². The summed E-state index contributed by atoms with van der Waals surface area (Å²) in [5, 5.41) is 10.9. The molecular formula is C22H16N4O3S. The number of carbonyl (C=O) groups is 2. The number of nitrogens with one attached hydrogen (secondary N) is 1. The highest BCUT2D eigenvalue weighted by Gasteiger charge is 2.16. The van der Waals surface area contributed by atoms with Gasteiger partial charge >= 0.3 is 0 Å². The number of hydrogen-bond donors (Lipinski definition) is 1. The Hall–Kier alpha value is -3.78. The molecule has 7 nitrogen and oxygen atoms in total. The highest BCUT2D eigenvalue weighted by atomic mass is 32.2. The summed E-state index contributed by atoms with van der Waals surface area (Å²) in [5.41, 5.74) is 2.00. The maximum Gasteiger partial charge on any atom is 0.277 e. The summed E-state index contributed by atoms with van der Waals surface area (Å²) in [6.45, 7) is 0. The molecule has 0 bridgehead atoms. The van der Waals surface area contributed by atoms with E-state index in [0.717, 1.165) is 11.8 Å². The van der Waals surface area contributed by atoms with Crippen molar-refractivity contribution in [3.63, 3.8) is 0 Å². The minimum absolute atomic E-state index is 0.0533. The van der Waals surface area contributed by atoms with Crippen molar-refractivity contribution >= 4 is 29.1 Å². The zero-order chi connectivity index (χ0) is 20.8. The first kappa shape index (κ1) is 19.5. The van der Waals surface area contributed by atoms with E-state index < -0.39 is 0 Å². The first-order valence-electron chi connectivity index (χ1n) is 9.07. The molecule has 4 rings (SSSR count). The van der Waals surface area contributed by atoms with Crippen LogP contribution in [0.4, 0.5) is 5.69 Å². The third-order valence-electron chi connectivity index (χ3n) is 4.10. The van der Waals surface area contributed by atoms with Crippen LogP contribution in [0.2, 0.25) is 0 Å². The van der Waals surface area contributed by atoms with Gasteiger partial charge in [-0.05, 0) is 24.3 Å². The lowest BCUT2D eigenvalue weighted by molar-refractivity contribution is -0.113. The number of hydrogen-bond acceptors (Lipinski definition) is 7. The predicted octanol–water partition coefficient (Wildman–Crippen LogP) is 4.09. The van der Waals surface area contributed by atoms with Crippen molar-refractivity contribution in [3.8, 4) is 11.6 Å². The fourth-order valence-electron chi connectivity index (χ4n) is 2.71. The molecule has 2 heterocycles. The van der Waals surface area contributed by atoms with Gasteiger partial charge < -0.3 is 9.73 Å². The molecule has 0 saturated heterocycles. The number of pyridine rings is 1. The van der Waals surface area contributed by atoms with Gasteiger partial charge in [0.05, 0.1) is 11.4 Å². The van der Waals surface area contributed by atoms with Crippen molar-refractivity contribution in [2.24, 2.45) is 0 Å². The Morgan fingerprint density at radius 2 is 1.67 bits per heavy atom. The molecule has 0 fully saturated rings. The maximum atomic E-state index is 12.8. The van der Waals surface area contributed by atoms with Gasteiger partial charge in [0.25, 0.3) is 11.1 Å². The zero-order valence-corrected chi connectivity index (χ0v) is 16.5. The molecule has 2 aromatic heterocycles. The molecule has 0 aliphatic rings. The van der Waals surface area contributed by atoms with E-state index in [1.807, 2.05) is 12.1 Å². The fraction of sp³-hybridized carbons (Fsp3) is 0.0455. The van der Waals surface area contributed by atoms with E-state index >= 15 is 0 Å². The van der Waals surface area contributed by atoms with Crippen LogP contribution >= 0.6 is 11.8 Å². The Bertz CT molecular complexity index is 1160. The summed E-state index contributed by atoms with van der Waals surface area (Å²) < 4.78 is 5.53. The lowest BCUT2D eigenvalue weighted by Crippen LogP contribution is -2.17. The second kappa shape index (κ2) is 9.15. The highest BCUT2D eigenvalue weighted by Crippen LogP contribution is 2.23. The largest absolute Gasteiger partial charge is 0.410 e. The number of benzene rings is 2. The maximum absolute atomic E-state index is 12.8. The average molecular weight is 416 g/mol. The predicted molar refractivity (Wildman–Crippen MR) is 113 cm³/mol. The first-order valence-corrected chi connectivity index (χ1v) is 10.1. The van der Waals surface area contributed by atoms with Gasteiger partial charge in [-0.2, -0.15) is 0 Å². The minimum Gasteiger partial charge on any atom is -0.410 e. The number of anilines is 1. The Morgan fingerprint density at radius 3 is 2.47 bits per heavy atom. The Balaban J connectivity index is 1.41. The molecular weight excluding hydrogens is 400 g/mol. The number of thioether (sulfide) groups is 1. The summed E-state index contributed by atoms with van der Waals surface area (Å²) in [6, 6.07) is 21.2. The molecule has 1 amide bonds. The van der Waals surface area contributed by atoms with Gasteiger partial charge in [-0.1, -0.05) is 60.3 Å². The number of amides is 1. The quantitative estimate of drug-likeness (QED) is 0.358. The van der Waals surface area contributed by atoms with Gasteiger partial charge in [-0.15, -0.1) is 10.2 Å². The van der Waals surface area contributed by atoms with E-state index in [0.29, 0.717) is 22.5 Å². The SMILES string of the molecule is O=C(CSc1nnc(-c2ccccn2)o1)Nc1ccccc1C(=O)c1ccccc1. The Morgan fingerprint density at radius 1 is 0.900 bits per heavy atom. The van der Waals surface area contributed by atoms with Crippen LogP contribution in [0.5, 0.6) is 0 Å². The van der Waals surface area contributed by atoms with Gasteiger partial charge in [0.15, 0.2) is 5.78 Å². The molecule has 0 aliphatic carbocycles. The molecule has 1 N–H and O–H groups in total. The summed E-state index contributed by atoms with van der Waals surface area (Å²) in [4.78, 5) is 29.3. The molecule has 0 aliphatic heterocycles. The topological polar surface area (TPSA) is 98.0 Å². The van der Waals surface area contributed by atoms with Crippen molar-refractivity contribution in [3.05, 3.63) is 90.1 Å².